The Morgan fingerprint density at radius 2 is 2.33 bits per heavy atom. The van der Waals surface area contributed by atoms with Crippen LogP contribution >= 0.6 is 34.7 Å². The number of hydrogen-bond acceptors (Lipinski definition) is 7. The van der Waals surface area contributed by atoms with E-state index in [1.54, 1.807) is 17.8 Å². The van der Waals surface area contributed by atoms with Gasteiger partial charge in [-0.05, 0) is 12.5 Å². The molecule has 5 nitrogen and oxygen atoms in total. The Morgan fingerprint density at radius 1 is 1.52 bits per heavy atom. The molecule has 2 rings (SSSR count). The highest BCUT2D eigenvalue weighted by Gasteiger charge is 2.20. The molecule has 0 aliphatic carbocycles. The predicted octanol–water partition coefficient (Wildman–Crippen LogP) is 2.61. The molecule has 2 aromatic rings. The van der Waals surface area contributed by atoms with Gasteiger partial charge in [0.15, 0.2) is 0 Å². The number of rotatable bonds is 6. The molecule has 0 bridgehead atoms. The van der Waals surface area contributed by atoms with Crippen molar-refractivity contribution in [3.63, 3.8) is 0 Å². The lowest BCUT2D eigenvalue weighted by Gasteiger charge is -2.18. The molecule has 0 spiro atoms. The molecule has 110 valence electrons. The number of nitriles is 1. The zero-order valence-electron chi connectivity index (χ0n) is 10.9. The van der Waals surface area contributed by atoms with Gasteiger partial charge >= 0.3 is 0 Å². The SMILES string of the molecule is N#Cc1cc(Cl)cnc1S[C@@H](C[C@H](N)CO)c1cncs1. The average molecular weight is 341 g/mol. The molecule has 0 amide bonds. The molecule has 0 saturated carbocycles. The summed E-state index contributed by atoms with van der Waals surface area (Å²) in [5, 5.41) is 19.3. The summed E-state index contributed by atoms with van der Waals surface area (Å²) in [7, 11) is 0. The third kappa shape index (κ3) is 4.40. The summed E-state index contributed by atoms with van der Waals surface area (Å²) in [6.07, 6.45) is 3.85. The number of nitrogens with two attached hydrogens (primary N) is 1. The van der Waals surface area contributed by atoms with E-state index in [-0.39, 0.29) is 17.9 Å². The van der Waals surface area contributed by atoms with E-state index in [1.807, 2.05) is 0 Å². The van der Waals surface area contributed by atoms with Crippen LogP contribution in [0.25, 0.3) is 0 Å². The number of halogens is 1. The zero-order chi connectivity index (χ0) is 15.2. The normalized spacial score (nSPS) is 13.6. The van der Waals surface area contributed by atoms with Crippen LogP contribution < -0.4 is 5.73 Å². The van der Waals surface area contributed by atoms with E-state index in [4.69, 9.17) is 22.4 Å². The Hall–Kier alpha value is -1.17. The minimum atomic E-state index is -0.331. The van der Waals surface area contributed by atoms with Crippen LogP contribution in [0.1, 0.15) is 22.1 Å². The van der Waals surface area contributed by atoms with Gasteiger partial charge in [-0.2, -0.15) is 5.26 Å². The van der Waals surface area contributed by atoms with Gasteiger partial charge in [0, 0.05) is 28.6 Å². The van der Waals surface area contributed by atoms with Gasteiger partial charge in [0.25, 0.3) is 0 Å². The first-order chi connectivity index (χ1) is 10.1. The van der Waals surface area contributed by atoms with Crippen molar-refractivity contribution in [3.05, 3.63) is 39.4 Å². The summed E-state index contributed by atoms with van der Waals surface area (Å²) in [6, 6.07) is 3.35. The van der Waals surface area contributed by atoms with Crippen molar-refractivity contribution in [1.82, 2.24) is 9.97 Å². The van der Waals surface area contributed by atoms with Crippen LogP contribution in [-0.2, 0) is 0 Å². The molecule has 8 heteroatoms. The minimum absolute atomic E-state index is 0.0135. The second kappa shape index (κ2) is 7.73. The quantitative estimate of drug-likeness (QED) is 0.785. The van der Waals surface area contributed by atoms with Gasteiger partial charge in [0.2, 0.25) is 0 Å². The maximum Gasteiger partial charge on any atom is 0.114 e. The molecular formula is C13H13ClN4OS2. The molecule has 0 fully saturated rings. The Morgan fingerprint density at radius 3 is 2.95 bits per heavy atom. The van der Waals surface area contributed by atoms with E-state index >= 15 is 0 Å². The summed E-state index contributed by atoms with van der Waals surface area (Å²) in [4.78, 5) is 9.32. The highest BCUT2D eigenvalue weighted by Crippen LogP contribution is 2.40. The van der Waals surface area contributed by atoms with Crippen molar-refractivity contribution in [3.8, 4) is 6.07 Å². The van der Waals surface area contributed by atoms with E-state index in [9.17, 15) is 5.26 Å². The van der Waals surface area contributed by atoms with Gasteiger partial charge in [-0.25, -0.2) is 4.98 Å². The number of nitrogens with zero attached hydrogens (tertiary/aromatic N) is 3. The van der Waals surface area contributed by atoms with E-state index in [0.717, 1.165) is 4.88 Å². The number of hydrogen-bond donors (Lipinski definition) is 2. The topological polar surface area (TPSA) is 95.8 Å². The van der Waals surface area contributed by atoms with E-state index in [2.05, 4.69) is 16.0 Å². The largest absolute Gasteiger partial charge is 0.395 e. The van der Waals surface area contributed by atoms with Crippen LogP contribution in [0.4, 0.5) is 0 Å². The van der Waals surface area contributed by atoms with Crippen molar-refractivity contribution in [2.45, 2.75) is 22.7 Å². The first-order valence-corrected chi connectivity index (χ1v) is 8.25. The van der Waals surface area contributed by atoms with Crippen molar-refractivity contribution in [2.75, 3.05) is 6.61 Å². The fraction of sp³-hybridized carbons (Fsp3) is 0.308. The first-order valence-electron chi connectivity index (χ1n) is 6.11. The number of thioether (sulfide) groups is 1. The Balaban J connectivity index is 2.25. The van der Waals surface area contributed by atoms with Gasteiger partial charge in [-0.15, -0.1) is 11.3 Å². The number of pyridine rings is 1. The molecule has 2 aromatic heterocycles. The smallest absolute Gasteiger partial charge is 0.114 e. The summed E-state index contributed by atoms with van der Waals surface area (Å²) in [6.45, 7) is -0.0883. The molecule has 0 saturated heterocycles. The molecule has 0 aromatic carbocycles. The van der Waals surface area contributed by atoms with Crippen molar-refractivity contribution < 1.29 is 5.11 Å². The fourth-order valence-corrected chi connectivity index (χ4v) is 3.91. The molecule has 0 unspecified atom stereocenters. The fourth-order valence-electron chi connectivity index (χ4n) is 1.69. The molecule has 0 aliphatic heterocycles. The highest BCUT2D eigenvalue weighted by atomic mass is 35.5. The van der Waals surface area contributed by atoms with E-state index in [1.165, 1.54) is 29.3 Å². The third-order valence-electron chi connectivity index (χ3n) is 2.71. The third-order valence-corrected chi connectivity index (χ3v) is 5.24. The first kappa shape index (κ1) is 16.2. The van der Waals surface area contributed by atoms with Crippen molar-refractivity contribution >= 4 is 34.7 Å². The van der Waals surface area contributed by atoms with Gasteiger partial charge in [-0.3, -0.25) is 4.98 Å². The monoisotopic (exact) mass is 340 g/mol. The number of aromatic nitrogens is 2. The molecule has 0 radical (unpaired) electrons. The van der Waals surface area contributed by atoms with Gasteiger partial charge < -0.3 is 10.8 Å². The van der Waals surface area contributed by atoms with Crippen LogP contribution in [0.5, 0.6) is 0 Å². The second-order valence-corrected chi connectivity index (χ2v) is 6.85. The molecule has 2 atom stereocenters. The summed E-state index contributed by atoms with van der Waals surface area (Å²) >= 11 is 8.81. The van der Waals surface area contributed by atoms with Gasteiger partial charge in [-0.1, -0.05) is 23.4 Å². The Labute approximate surface area is 135 Å². The number of aliphatic hydroxyl groups excluding tert-OH is 1. The minimum Gasteiger partial charge on any atom is -0.395 e. The molecule has 3 N–H and O–H groups in total. The summed E-state index contributed by atoms with van der Waals surface area (Å²) in [5.74, 6) is 0. The van der Waals surface area contributed by atoms with Gasteiger partial charge in [0.05, 0.1) is 22.7 Å². The number of aliphatic hydroxyl groups is 1. The van der Waals surface area contributed by atoms with Crippen LogP contribution in [0, 0.1) is 11.3 Å². The summed E-state index contributed by atoms with van der Waals surface area (Å²) in [5.41, 5.74) is 8.02. The van der Waals surface area contributed by atoms with Gasteiger partial charge in [0.1, 0.15) is 11.1 Å². The molecule has 21 heavy (non-hydrogen) atoms. The van der Waals surface area contributed by atoms with Crippen molar-refractivity contribution in [2.24, 2.45) is 5.73 Å². The second-order valence-electron chi connectivity index (χ2n) is 4.31. The highest BCUT2D eigenvalue weighted by molar-refractivity contribution is 7.99. The lowest BCUT2D eigenvalue weighted by Crippen LogP contribution is -2.25. The molecule has 0 aliphatic rings. The van der Waals surface area contributed by atoms with Crippen LogP contribution in [0.2, 0.25) is 5.02 Å². The molecular weight excluding hydrogens is 328 g/mol. The Bertz CT molecular complexity index is 630. The maximum absolute atomic E-state index is 9.18. The van der Waals surface area contributed by atoms with Crippen LogP contribution in [0.3, 0.4) is 0 Å². The average Bonchev–Trinajstić information content (AvgIpc) is 3.02. The molecule has 2 heterocycles. The maximum atomic E-state index is 9.18. The van der Waals surface area contributed by atoms with E-state index < -0.39 is 0 Å². The summed E-state index contributed by atoms with van der Waals surface area (Å²) < 4.78 is 0. The van der Waals surface area contributed by atoms with Crippen molar-refractivity contribution in [1.29, 1.82) is 5.26 Å². The number of thiazole rings is 1. The standard InChI is InChI=1S/C13H13ClN4OS2/c14-9-1-8(3-15)13(18-4-9)21-11(2-10(16)6-19)12-5-17-7-20-12/h1,4-5,7,10-11,19H,2,6,16H2/t10-,11-/m0/s1. The van der Waals surface area contributed by atoms with Crippen LogP contribution in [-0.4, -0.2) is 27.7 Å². The lowest BCUT2D eigenvalue weighted by molar-refractivity contribution is 0.260. The van der Waals surface area contributed by atoms with E-state index in [0.29, 0.717) is 22.0 Å². The van der Waals surface area contributed by atoms with Crippen LogP contribution in [0.15, 0.2) is 29.0 Å². The Kier molecular flexibility index (Phi) is 5.96. The lowest BCUT2D eigenvalue weighted by atomic mass is 10.1. The zero-order valence-corrected chi connectivity index (χ0v) is 13.3. The predicted molar refractivity (Wildman–Crippen MR) is 84.4 cm³/mol.